The van der Waals surface area contributed by atoms with Crippen LogP contribution in [0.15, 0.2) is 36.9 Å². The summed E-state index contributed by atoms with van der Waals surface area (Å²) in [7, 11) is 0. The predicted octanol–water partition coefficient (Wildman–Crippen LogP) is 1.41. The molecule has 2 amide bonds. The van der Waals surface area contributed by atoms with Crippen molar-refractivity contribution in [2.24, 2.45) is 5.73 Å². The average Bonchev–Trinajstić information content (AvgIpc) is 2.17. The van der Waals surface area contributed by atoms with Crippen LogP contribution in [-0.2, 0) is 6.42 Å². The van der Waals surface area contributed by atoms with Gasteiger partial charge in [0, 0.05) is 0 Å². The van der Waals surface area contributed by atoms with Gasteiger partial charge in [0.25, 0.3) is 0 Å². The standard InChI is InChI=1S/C10H13N3O/c1-2-3-8-4-6-9(7-5-8)12-13-10(11)14/h2,4-7,12H,1,3H2,(H3,11,13,14). The zero-order chi connectivity index (χ0) is 10.4. The Kier molecular flexibility index (Phi) is 3.55. The Bertz CT molecular complexity index is 319. The molecule has 4 N–H and O–H groups in total. The van der Waals surface area contributed by atoms with Crippen molar-refractivity contribution in [1.29, 1.82) is 0 Å². The predicted molar refractivity (Wildman–Crippen MR) is 56.7 cm³/mol. The smallest absolute Gasteiger partial charge is 0.330 e. The Balaban J connectivity index is 2.54. The third-order valence-corrected chi connectivity index (χ3v) is 1.66. The molecular formula is C10H13N3O. The fraction of sp³-hybridized carbons (Fsp3) is 0.100. The van der Waals surface area contributed by atoms with Crippen LogP contribution in [0.5, 0.6) is 0 Å². The van der Waals surface area contributed by atoms with E-state index in [2.05, 4.69) is 17.4 Å². The van der Waals surface area contributed by atoms with E-state index >= 15 is 0 Å². The summed E-state index contributed by atoms with van der Waals surface area (Å²) >= 11 is 0. The van der Waals surface area contributed by atoms with Gasteiger partial charge in [0.05, 0.1) is 5.69 Å². The van der Waals surface area contributed by atoms with Crippen LogP contribution in [0.2, 0.25) is 0 Å². The summed E-state index contributed by atoms with van der Waals surface area (Å²) in [6.07, 6.45) is 2.67. The maximum absolute atomic E-state index is 10.4. The van der Waals surface area contributed by atoms with Gasteiger partial charge in [0.15, 0.2) is 0 Å². The van der Waals surface area contributed by atoms with E-state index in [1.807, 2.05) is 30.3 Å². The quantitative estimate of drug-likeness (QED) is 0.497. The molecule has 0 bridgehead atoms. The number of primary amides is 1. The van der Waals surface area contributed by atoms with Crippen molar-refractivity contribution >= 4 is 11.7 Å². The Morgan fingerprint density at radius 1 is 1.43 bits per heavy atom. The van der Waals surface area contributed by atoms with Crippen LogP contribution in [0.1, 0.15) is 5.56 Å². The zero-order valence-corrected chi connectivity index (χ0v) is 7.79. The lowest BCUT2D eigenvalue weighted by Crippen LogP contribution is -2.34. The van der Waals surface area contributed by atoms with Gasteiger partial charge in [0.2, 0.25) is 0 Å². The number of carbonyl (C=O) groups is 1. The van der Waals surface area contributed by atoms with E-state index in [0.717, 1.165) is 12.1 Å². The molecule has 0 fully saturated rings. The number of nitrogens with one attached hydrogen (secondary N) is 2. The molecule has 1 aromatic carbocycles. The number of hydrogen-bond acceptors (Lipinski definition) is 2. The molecule has 0 aromatic heterocycles. The van der Waals surface area contributed by atoms with E-state index in [1.54, 1.807) is 0 Å². The molecular weight excluding hydrogens is 178 g/mol. The van der Waals surface area contributed by atoms with Gasteiger partial charge in [-0.1, -0.05) is 18.2 Å². The normalized spacial score (nSPS) is 9.14. The monoisotopic (exact) mass is 191 g/mol. The van der Waals surface area contributed by atoms with Crippen LogP contribution in [-0.4, -0.2) is 6.03 Å². The molecule has 0 aliphatic heterocycles. The molecule has 0 unspecified atom stereocenters. The molecule has 1 aromatic rings. The first-order chi connectivity index (χ1) is 6.72. The number of hydrazine groups is 1. The van der Waals surface area contributed by atoms with Crippen LogP contribution in [0.4, 0.5) is 10.5 Å². The van der Waals surface area contributed by atoms with Gasteiger partial charge >= 0.3 is 6.03 Å². The van der Waals surface area contributed by atoms with E-state index < -0.39 is 6.03 Å². The first kappa shape index (κ1) is 10.1. The van der Waals surface area contributed by atoms with Crippen molar-refractivity contribution in [3.8, 4) is 0 Å². The van der Waals surface area contributed by atoms with Gasteiger partial charge in [-0.25, -0.2) is 4.79 Å². The molecule has 4 heteroatoms. The third-order valence-electron chi connectivity index (χ3n) is 1.66. The molecule has 0 aliphatic rings. The van der Waals surface area contributed by atoms with Gasteiger partial charge in [-0.2, -0.15) is 0 Å². The molecule has 74 valence electrons. The Hall–Kier alpha value is -1.97. The van der Waals surface area contributed by atoms with E-state index in [1.165, 1.54) is 5.56 Å². The summed E-state index contributed by atoms with van der Waals surface area (Å²) in [5, 5.41) is 0. The van der Waals surface area contributed by atoms with Gasteiger partial charge in [-0.15, -0.1) is 6.58 Å². The molecule has 0 radical (unpaired) electrons. The molecule has 14 heavy (non-hydrogen) atoms. The highest BCUT2D eigenvalue weighted by Gasteiger charge is 1.93. The number of nitrogens with two attached hydrogens (primary N) is 1. The summed E-state index contributed by atoms with van der Waals surface area (Å²) < 4.78 is 0. The fourth-order valence-corrected chi connectivity index (χ4v) is 1.02. The SMILES string of the molecule is C=CCc1ccc(NNC(N)=O)cc1. The molecule has 0 saturated heterocycles. The van der Waals surface area contributed by atoms with Gasteiger partial charge < -0.3 is 5.73 Å². The van der Waals surface area contributed by atoms with Gasteiger partial charge in [-0.3, -0.25) is 10.9 Å². The van der Waals surface area contributed by atoms with Crippen molar-refractivity contribution in [2.45, 2.75) is 6.42 Å². The number of hydrogen-bond donors (Lipinski definition) is 3. The van der Waals surface area contributed by atoms with Crippen molar-refractivity contribution < 1.29 is 4.79 Å². The Morgan fingerprint density at radius 3 is 2.57 bits per heavy atom. The van der Waals surface area contributed by atoms with Gasteiger partial charge in [0.1, 0.15) is 0 Å². The number of anilines is 1. The maximum Gasteiger partial charge on any atom is 0.330 e. The average molecular weight is 191 g/mol. The molecule has 0 heterocycles. The minimum atomic E-state index is -0.611. The van der Waals surface area contributed by atoms with E-state index in [4.69, 9.17) is 5.73 Å². The lowest BCUT2D eigenvalue weighted by atomic mass is 10.1. The van der Waals surface area contributed by atoms with Crippen LogP contribution in [0.25, 0.3) is 0 Å². The van der Waals surface area contributed by atoms with Crippen molar-refractivity contribution in [3.05, 3.63) is 42.5 Å². The third kappa shape index (κ3) is 3.18. The second-order valence-corrected chi connectivity index (χ2v) is 2.80. The van der Waals surface area contributed by atoms with Crippen LogP contribution in [0, 0.1) is 0 Å². The minimum Gasteiger partial charge on any atom is -0.350 e. The van der Waals surface area contributed by atoms with Crippen LogP contribution >= 0.6 is 0 Å². The zero-order valence-electron chi connectivity index (χ0n) is 7.79. The summed E-state index contributed by atoms with van der Waals surface area (Å²) in [4.78, 5) is 10.4. The van der Waals surface area contributed by atoms with Gasteiger partial charge in [-0.05, 0) is 24.1 Å². The highest BCUT2D eigenvalue weighted by Crippen LogP contribution is 2.08. The van der Waals surface area contributed by atoms with Crippen molar-refractivity contribution in [1.82, 2.24) is 5.43 Å². The number of rotatable bonds is 4. The summed E-state index contributed by atoms with van der Waals surface area (Å²) in [6, 6.07) is 7.00. The van der Waals surface area contributed by atoms with E-state index in [9.17, 15) is 4.79 Å². The highest BCUT2D eigenvalue weighted by molar-refractivity contribution is 5.73. The van der Waals surface area contributed by atoms with Crippen molar-refractivity contribution in [2.75, 3.05) is 5.43 Å². The fourth-order valence-electron chi connectivity index (χ4n) is 1.02. The lowest BCUT2D eigenvalue weighted by Gasteiger charge is -2.06. The van der Waals surface area contributed by atoms with E-state index in [-0.39, 0.29) is 0 Å². The summed E-state index contributed by atoms with van der Waals surface area (Å²) in [5.74, 6) is 0. The molecule has 1 rings (SSSR count). The first-order valence-electron chi connectivity index (χ1n) is 4.23. The highest BCUT2D eigenvalue weighted by atomic mass is 16.2. The number of urea groups is 1. The number of carbonyl (C=O) groups excluding carboxylic acids is 1. The molecule has 0 spiro atoms. The van der Waals surface area contributed by atoms with Crippen molar-refractivity contribution in [3.63, 3.8) is 0 Å². The molecule has 4 nitrogen and oxygen atoms in total. The van der Waals surface area contributed by atoms with Crippen LogP contribution < -0.4 is 16.6 Å². The van der Waals surface area contributed by atoms with Crippen LogP contribution in [0.3, 0.4) is 0 Å². The molecule has 0 atom stereocenters. The molecule has 0 aliphatic carbocycles. The maximum atomic E-state index is 10.4. The van der Waals surface area contributed by atoms with E-state index in [0.29, 0.717) is 0 Å². The number of amides is 2. The largest absolute Gasteiger partial charge is 0.350 e. The number of allylic oxidation sites excluding steroid dienone is 1. The second-order valence-electron chi connectivity index (χ2n) is 2.80. The summed E-state index contributed by atoms with van der Waals surface area (Å²) in [6.45, 7) is 3.65. The minimum absolute atomic E-state index is 0.611. The Labute approximate surface area is 82.8 Å². The Morgan fingerprint density at radius 2 is 2.07 bits per heavy atom. The molecule has 0 saturated carbocycles. The number of benzene rings is 1. The second kappa shape index (κ2) is 4.91. The first-order valence-corrected chi connectivity index (χ1v) is 4.23. The lowest BCUT2D eigenvalue weighted by molar-refractivity contribution is 0.250. The topological polar surface area (TPSA) is 67.2 Å². The summed E-state index contributed by atoms with van der Waals surface area (Å²) in [5.41, 5.74) is 11.8.